The number of aromatic nitrogens is 1. The molecule has 1 saturated heterocycles. The number of carbonyl (C=O) groups is 2. The number of halogens is 1. The first-order chi connectivity index (χ1) is 10.1. The highest BCUT2D eigenvalue weighted by atomic mass is 79.9. The van der Waals surface area contributed by atoms with Crippen molar-refractivity contribution in [2.75, 3.05) is 4.90 Å². The highest BCUT2D eigenvalue weighted by molar-refractivity contribution is 9.10. The summed E-state index contributed by atoms with van der Waals surface area (Å²) in [5.41, 5.74) is 1.58. The number of rotatable bonds is 2. The van der Waals surface area contributed by atoms with Crippen LogP contribution in [0.4, 0.5) is 5.13 Å². The second-order valence-electron chi connectivity index (χ2n) is 5.49. The van der Waals surface area contributed by atoms with Gasteiger partial charge in [-0.15, -0.1) is 11.3 Å². The van der Waals surface area contributed by atoms with E-state index in [1.165, 1.54) is 11.3 Å². The smallest absolute Gasteiger partial charge is 0.289 e. The summed E-state index contributed by atoms with van der Waals surface area (Å²) in [6.45, 7) is 0. The van der Waals surface area contributed by atoms with E-state index in [9.17, 15) is 9.59 Å². The van der Waals surface area contributed by atoms with Crippen LogP contribution in [0.3, 0.4) is 0 Å². The Morgan fingerprint density at radius 2 is 1.90 bits per heavy atom. The number of Topliss-reactive ketones (excluding diaryl/α,β-unsaturated/α-hetero) is 1. The summed E-state index contributed by atoms with van der Waals surface area (Å²) in [7, 11) is 0. The minimum atomic E-state index is -0.399. The number of anilines is 1. The number of hydrogen-bond acceptors (Lipinski definition) is 4. The van der Waals surface area contributed by atoms with Gasteiger partial charge in [-0.2, -0.15) is 0 Å². The van der Waals surface area contributed by atoms with E-state index in [1.54, 1.807) is 4.90 Å². The molecule has 0 unspecified atom stereocenters. The minimum Gasteiger partial charge on any atom is -0.289 e. The molecule has 2 aromatic rings. The molecule has 0 radical (unpaired) electrons. The number of hydrogen-bond donors (Lipinski definition) is 0. The summed E-state index contributed by atoms with van der Waals surface area (Å²) in [6, 6.07) is 7.88. The topological polar surface area (TPSA) is 50.3 Å². The Bertz CT molecular complexity index is 749. The van der Waals surface area contributed by atoms with Gasteiger partial charge in [0.1, 0.15) is 0 Å². The number of amides is 1. The van der Waals surface area contributed by atoms with Gasteiger partial charge < -0.3 is 0 Å². The zero-order chi connectivity index (χ0) is 14.6. The number of nitrogens with zero attached hydrogens (tertiary/aromatic N) is 2. The van der Waals surface area contributed by atoms with Gasteiger partial charge in [-0.25, -0.2) is 4.98 Å². The predicted molar refractivity (Wildman–Crippen MR) is 84.3 cm³/mol. The average molecular weight is 363 g/mol. The van der Waals surface area contributed by atoms with Gasteiger partial charge in [0.15, 0.2) is 5.13 Å². The normalized spacial score (nSPS) is 19.6. The van der Waals surface area contributed by atoms with E-state index in [0.717, 1.165) is 28.6 Å². The number of benzene rings is 1. The molecule has 1 saturated carbocycles. The fourth-order valence-electron chi connectivity index (χ4n) is 2.75. The quantitative estimate of drug-likeness (QED) is 0.769. The third kappa shape index (κ3) is 2.05. The molecule has 0 bridgehead atoms. The van der Waals surface area contributed by atoms with Gasteiger partial charge in [-0.05, 0) is 25.0 Å². The average Bonchev–Trinajstić information content (AvgIpc) is 2.97. The molecule has 2 heterocycles. The van der Waals surface area contributed by atoms with Gasteiger partial charge in [-0.3, -0.25) is 14.5 Å². The summed E-state index contributed by atoms with van der Waals surface area (Å²) in [5.74, 6) is -0.683. The molecule has 6 heteroatoms. The van der Waals surface area contributed by atoms with Crippen LogP contribution in [0.2, 0.25) is 0 Å². The summed E-state index contributed by atoms with van der Waals surface area (Å²) in [6.07, 6.45) is 2.15. The lowest BCUT2D eigenvalue weighted by molar-refractivity contribution is -0.133. The number of thiazole rings is 1. The lowest BCUT2D eigenvalue weighted by Gasteiger charge is -2.19. The van der Waals surface area contributed by atoms with Gasteiger partial charge in [0, 0.05) is 21.8 Å². The number of carbonyl (C=O) groups excluding carboxylic acids is 2. The first kappa shape index (κ1) is 13.2. The molecule has 4 nitrogen and oxygen atoms in total. The van der Waals surface area contributed by atoms with Crippen molar-refractivity contribution in [1.29, 1.82) is 0 Å². The van der Waals surface area contributed by atoms with Crippen molar-refractivity contribution in [3.05, 3.63) is 34.1 Å². The highest BCUT2D eigenvalue weighted by Crippen LogP contribution is 2.51. The Kier molecular flexibility index (Phi) is 2.81. The molecule has 1 aliphatic heterocycles. The number of ketones is 1. The van der Waals surface area contributed by atoms with Crippen molar-refractivity contribution in [3.8, 4) is 11.3 Å². The monoisotopic (exact) mass is 362 g/mol. The van der Waals surface area contributed by atoms with Gasteiger partial charge in [0.25, 0.3) is 5.91 Å². The minimum absolute atomic E-state index is 0.261. The van der Waals surface area contributed by atoms with Gasteiger partial charge >= 0.3 is 0 Å². The maximum Gasteiger partial charge on any atom is 0.296 e. The Labute approximate surface area is 133 Å². The van der Waals surface area contributed by atoms with Crippen molar-refractivity contribution >= 4 is 44.1 Å². The third-order valence-corrected chi connectivity index (χ3v) is 5.41. The fraction of sp³-hybridized carbons (Fsp3) is 0.267. The molecule has 106 valence electrons. The molecule has 0 N–H and O–H groups in total. The molecule has 21 heavy (non-hydrogen) atoms. The van der Waals surface area contributed by atoms with Crippen LogP contribution in [0.1, 0.15) is 19.3 Å². The van der Waals surface area contributed by atoms with Crippen LogP contribution in [0, 0.1) is 0 Å². The van der Waals surface area contributed by atoms with Crippen LogP contribution < -0.4 is 4.90 Å². The fourth-order valence-corrected chi connectivity index (χ4v) is 3.95. The van der Waals surface area contributed by atoms with E-state index < -0.39 is 5.91 Å². The Morgan fingerprint density at radius 1 is 1.19 bits per heavy atom. The lowest BCUT2D eigenvalue weighted by Crippen LogP contribution is -2.35. The van der Waals surface area contributed by atoms with Crippen LogP contribution in [-0.4, -0.2) is 22.2 Å². The molecule has 1 aliphatic carbocycles. The molecule has 4 rings (SSSR count). The van der Waals surface area contributed by atoms with E-state index in [0.29, 0.717) is 11.6 Å². The van der Waals surface area contributed by atoms with E-state index in [4.69, 9.17) is 0 Å². The van der Waals surface area contributed by atoms with E-state index >= 15 is 0 Å². The summed E-state index contributed by atoms with van der Waals surface area (Å²) in [5, 5.41) is 2.58. The van der Waals surface area contributed by atoms with Gasteiger partial charge in [0.2, 0.25) is 5.78 Å². The van der Waals surface area contributed by atoms with E-state index in [2.05, 4.69) is 20.9 Å². The molecule has 1 amide bonds. The van der Waals surface area contributed by atoms with Gasteiger partial charge in [0.05, 0.1) is 11.2 Å². The second kappa shape index (κ2) is 4.48. The van der Waals surface area contributed by atoms with Crippen molar-refractivity contribution < 1.29 is 9.59 Å². The van der Waals surface area contributed by atoms with Crippen LogP contribution in [-0.2, 0) is 9.59 Å². The van der Waals surface area contributed by atoms with Crippen molar-refractivity contribution in [2.45, 2.75) is 24.8 Å². The SMILES string of the molecule is O=C1CC2(CC2)N(c2nc(-c3ccc(Br)cc3)cs2)C1=O. The Morgan fingerprint density at radius 3 is 2.57 bits per heavy atom. The molecule has 2 fully saturated rings. The Hall–Kier alpha value is -1.53. The second-order valence-corrected chi connectivity index (χ2v) is 7.24. The maximum atomic E-state index is 12.1. The van der Waals surface area contributed by atoms with Crippen LogP contribution in [0.5, 0.6) is 0 Å². The van der Waals surface area contributed by atoms with Crippen LogP contribution in [0.25, 0.3) is 11.3 Å². The third-order valence-electron chi connectivity index (χ3n) is 4.06. The maximum absolute atomic E-state index is 12.1. The van der Waals surface area contributed by atoms with Crippen molar-refractivity contribution in [3.63, 3.8) is 0 Å². The first-order valence-electron chi connectivity index (χ1n) is 6.68. The molecule has 1 aromatic carbocycles. The summed E-state index contributed by atoms with van der Waals surface area (Å²) in [4.78, 5) is 30.0. The molecule has 0 atom stereocenters. The molecule has 1 spiro atoms. The van der Waals surface area contributed by atoms with E-state index in [1.807, 2.05) is 29.6 Å². The van der Waals surface area contributed by atoms with Crippen LogP contribution >= 0.6 is 27.3 Å². The predicted octanol–water partition coefficient (Wildman–Crippen LogP) is 3.41. The van der Waals surface area contributed by atoms with Crippen molar-refractivity contribution in [2.24, 2.45) is 0 Å². The summed E-state index contributed by atoms with van der Waals surface area (Å²) < 4.78 is 1.01. The van der Waals surface area contributed by atoms with Crippen molar-refractivity contribution in [1.82, 2.24) is 4.98 Å². The zero-order valence-electron chi connectivity index (χ0n) is 11.0. The Balaban J connectivity index is 1.70. The molecular formula is C15H11BrN2O2S. The summed E-state index contributed by atoms with van der Waals surface area (Å²) >= 11 is 4.83. The standard InChI is InChI=1S/C15H11BrN2O2S/c16-10-3-1-9(2-4-10)11-8-21-14(17-11)18-13(20)12(19)7-15(18)5-6-15/h1-4,8H,5-7H2. The van der Waals surface area contributed by atoms with Gasteiger partial charge in [-0.1, -0.05) is 28.1 Å². The zero-order valence-corrected chi connectivity index (χ0v) is 13.4. The highest BCUT2D eigenvalue weighted by Gasteiger charge is 2.59. The molecule has 2 aliphatic rings. The first-order valence-corrected chi connectivity index (χ1v) is 8.35. The van der Waals surface area contributed by atoms with E-state index in [-0.39, 0.29) is 11.3 Å². The van der Waals surface area contributed by atoms with Crippen LogP contribution in [0.15, 0.2) is 34.1 Å². The lowest BCUT2D eigenvalue weighted by atomic mass is 10.2. The molecular weight excluding hydrogens is 352 g/mol. The largest absolute Gasteiger partial charge is 0.296 e. The molecule has 1 aromatic heterocycles.